The highest BCUT2D eigenvalue weighted by molar-refractivity contribution is 7.61. The summed E-state index contributed by atoms with van der Waals surface area (Å²) < 4.78 is 17.4. The second-order valence-electron chi connectivity index (χ2n) is 4.83. The Morgan fingerprint density at radius 1 is 1.10 bits per heavy atom. The van der Waals surface area contributed by atoms with Gasteiger partial charge in [0.05, 0.1) is 11.9 Å². The van der Waals surface area contributed by atoms with Crippen LogP contribution in [0.15, 0.2) is 42.5 Å². The third-order valence-electron chi connectivity index (χ3n) is 3.09. The van der Waals surface area contributed by atoms with Gasteiger partial charge in [0, 0.05) is 0 Å². The van der Waals surface area contributed by atoms with Crippen molar-refractivity contribution in [2.75, 3.05) is 6.61 Å². The van der Waals surface area contributed by atoms with Crippen LogP contribution in [0.3, 0.4) is 0 Å². The zero-order valence-corrected chi connectivity index (χ0v) is 12.9. The first-order chi connectivity index (χ1) is 9.44. The summed E-state index contributed by atoms with van der Waals surface area (Å²) in [5.41, 5.74) is 3.84. The fraction of sp³-hybridized carbons (Fsp3) is 0.250. The standard InChI is InChI=1S/C16H19O3P/c1-4-19-20(17,18)16-9-8-13(3)11-15(16)14-7-5-6-12(2)10-14/h5-11H,4H2,1-3H3,(H,17,18). The van der Waals surface area contributed by atoms with Gasteiger partial charge in [-0.15, -0.1) is 0 Å². The molecule has 0 heterocycles. The predicted octanol–water partition coefficient (Wildman–Crippen LogP) is 3.82. The van der Waals surface area contributed by atoms with Crippen molar-refractivity contribution in [2.24, 2.45) is 0 Å². The zero-order valence-electron chi connectivity index (χ0n) is 12.0. The fourth-order valence-corrected chi connectivity index (χ4v) is 3.43. The Morgan fingerprint density at radius 2 is 1.80 bits per heavy atom. The Kier molecular flexibility index (Phi) is 4.44. The number of benzene rings is 2. The molecular weight excluding hydrogens is 271 g/mol. The molecule has 1 N–H and O–H groups in total. The number of rotatable bonds is 4. The molecule has 20 heavy (non-hydrogen) atoms. The van der Waals surface area contributed by atoms with Crippen LogP contribution in [0.1, 0.15) is 18.1 Å². The molecule has 1 atom stereocenters. The van der Waals surface area contributed by atoms with Crippen LogP contribution < -0.4 is 5.30 Å². The number of hydrogen-bond acceptors (Lipinski definition) is 2. The second-order valence-corrected chi connectivity index (χ2v) is 6.61. The molecular formula is C16H19O3P. The minimum Gasteiger partial charge on any atom is -0.321 e. The average Bonchev–Trinajstić information content (AvgIpc) is 2.38. The summed E-state index contributed by atoms with van der Waals surface area (Å²) in [6.45, 7) is 5.88. The van der Waals surface area contributed by atoms with Gasteiger partial charge in [0.25, 0.3) is 0 Å². The molecule has 0 radical (unpaired) electrons. The van der Waals surface area contributed by atoms with Crippen molar-refractivity contribution in [3.05, 3.63) is 53.6 Å². The third-order valence-corrected chi connectivity index (χ3v) is 4.70. The van der Waals surface area contributed by atoms with Crippen LogP contribution in [0.2, 0.25) is 0 Å². The van der Waals surface area contributed by atoms with Gasteiger partial charge in [0.2, 0.25) is 0 Å². The van der Waals surface area contributed by atoms with Gasteiger partial charge in [0.1, 0.15) is 0 Å². The molecule has 4 heteroatoms. The average molecular weight is 290 g/mol. The SMILES string of the molecule is CCOP(=O)(O)c1ccc(C)cc1-c1cccc(C)c1. The first-order valence-corrected chi connectivity index (χ1v) is 8.17. The molecule has 0 spiro atoms. The maximum Gasteiger partial charge on any atom is 0.359 e. The Hall–Kier alpha value is -1.41. The molecule has 0 saturated heterocycles. The van der Waals surface area contributed by atoms with Crippen molar-refractivity contribution in [1.82, 2.24) is 0 Å². The molecule has 0 aliphatic carbocycles. The highest BCUT2D eigenvalue weighted by Gasteiger charge is 2.26. The van der Waals surface area contributed by atoms with E-state index in [-0.39, 0.29) is 6.61 Å². The lowest BCUT2D eigenvalue weighted by Crippen LogP contribution is -2.11. The van der Waals surface area contributed by atoms with E-state index in [1.807, 2.05) is 50.2 Å². The Morgan fingerprint density at radius 3 is 2.45 bits per heavy atom. The molecule has 0 aliphatic heterocycles. The lowest BCUT2D eigenvalue weighted by atomic mass is 10.0. The van der Waals surface area contributed by atoms with Crippen molar-refractivity contribution in [3.8, 4) is 11.1 Å². The van der Waals surface area contributed by atoms with Crippen LogP contribution in [-0.2, 0) is 9.09 Å². The van der Waals surface area contributed by atoms with Gasteiger partial charge in [-0.1, -0.05) is 47.5 Å². The summed E-state index contributed by atoms with van der Waals surface area (Å²) in [6.07, 6.45) is 0. The molecule has 0 aromatic heterocycles. The summed E-state index contributed by atoms with van der Waals surface area (Å²) in [7, 11) is -3.78. The molecule has 0 fully saturated rings. The molecule has 106 valence electrons. The maximum atomic E-state index is 12.3. The normalized spacial score (nSPS) is 14.0. The monoisotopic (exact) mass is 290 g/mol. The van der Waals surface area contributed by atoms with E-state index in [1.54, 1.807) is 13.0 Å². The smallest absolute Gasteiger partial charge is 0.321 e. The zero-order chi connectivity index (χ0) is 14.8. The Bertz CT molecular complexity index is 665. The van der Waals surface area contributed by atoms with Crippen molar-refractivity contribution < 1.29 is 14.0 Å². The summed E-state index contributed by atoms with van der Waals surface area (Å²) in [6, 6.07) is 13.3. The van der Waals surface area contributed by atoms with Gasteiger partial charge in [-0.3, -0.25) is 4.57 Å². The van der Waals surface area contributed by atoms with E-state index in [0.29, 0.717) is 5.30 Å². The van der Waals surface area contributed by atoms with E-state index in [2.05, 4.69) is 0 Å². The minimum atomic E-state index is -3.78. The predicted molar refractivity (Wildman–Crippen MR) is 82.4 cm³/mol. The summed E-state index contributed by atoms with van der Waals surface area (Å²) in [5, 5.41) is 0.357. The highest BCUT2D eigenvalue weighted by atomic mass is 31.2. The quantitative estimate of drug-likeness (QED) is 0.871. The number of aryl methyl sites for hydroxylation is 2. The lowest BCUT2D eigenvalue weighted by molar-refractivity contribution is 0.284. The van der Waals surface area contributed by atoms with E-state index < -0.39 is 7.60 Å². The van der Waals surface area contributed by atoms with Gasteiger partial charge in [-0.25, -0.2) is 0 Å². The van der Waals surface area contributed by atoms with Gasteiger partial charge in [0.15, 0.2) is 0 Å². The Labute approximate surface area is 119 Å². The highest BCUT2D eigenvalue weighted by Crippen LogP contribution is 2.43. The molecule has 2 aromatic rings. The van der Waals surface area contributed by atoms with Gasteiger partial charge in [-0.2, -0.15) is 0 Å². The van der Waals surface area contributed by atoms with Crippen molar-refractivity contribution in [3.63, 3.8) is 0 Å². The van der Waals surface area contributed by atoms with Crippen molar-refractivity contribution in [1.29, 1.82) is 0 Å². The minimum absolute atomic E-state index is 0.203. The van der Waals surface area contributed by atoms with E-state index in [9.17, 15) is 9.46 Å². The van der Waals surface area contributed by atoms with Crippen LogP contribution >= 0.6 is 7.60 Å². The van der Waals surface area contributed by atoms with Gasteiger partial charge < -0.3 is 9.42 Å². The van der Waals surface area contributed by atoms with Crippen LogP contribution in [0.4, 0.5) is 0 Å². The third kappa shape index (κ3) is 3.18. The topological polar surface area (TPSA) is 46.5 Å². The first kappa shape index (κ1) is 15.0. The number of hydrogen-bond donors (Lipinski definition) is 1. The van der Waals surface area contributed by atoms with Crippen LogP contribution in [-0.4, -0.2) is 11.5 Å². The van der Waals surface area contributed by atoms with E-state index in [1.165, 1.54) is 0 Å². The molecule has 0 amide bonds. The molecule has 2 aromatic carbocycles. The molecule has 0 saturated carbocycles. The summed E-state index contributed by atoms with van der Waals surface area (Å²) in [4.78, 5) is 10.1. The first-order valence-electron chi connectivity index (χ1n) is 6.59. The van der Waals surface area contributed by atoms with Crippen LogP contribution in [0.25, 0.3) is 11.1 Å². The fourth-order valence-electron chi connectivity index (χ4n) is 2.18. The van der Waals surface area contributed by atoms with Crippen LogP contribution in [0.5, 0.6) is 0 Å². The molecule has 0 aliphatic rings. The van der Waals surface area contributed by atoms with Crippen molar-refractivity contribution >= 4 is 12.9 Å². The summed E-state index contributed by atoms with van der Waals surface area (Å²) >= 11 is 0. The lowest BCUT2D eigenvalue weighted by Gasteiger charge is -2.16. The van der Waals surface area contributed by atoms with Gasteiger partial charge in [-0.05, 0) is 38.0 Å². The largest absolute Gasteiger partial charge is 0.359 e. The molecule has 1 unspecified atom stereocenters. The summed E-state index contributed by atoms with van der Waals surface area (Å²) in [5.74, 6) is 0. The van der Waals surface area contributed by atoms with E-state index >= 15 is 0 Å². The maximum absolute atomic E-state index is 12.3. The van der Waals surface area contributed by atoms with E-state index in [0.717, 1.165) is 22.3 Å². The molecule has 3 nitrogen and oxygen atoms in total. The van der Waals surface area contributed by atoms with Crippen LogP contribution in [0, 0.1) is 13.8 Å². The Balaban J connectivity index is 2.63. The second kappa shape index (κ2) is 5.92. The molecule has 0 bridgehead atoms. The van der Waals surface area contributed by atoms with E-state index in [4.69, 9.17) is 4.52 Å². The van der Waals surface area contributed by atoms with Crippen molar-refractivity contribution in [2.45, 2.75) is 20.8 Å². The molecule has 2 rings (SSSR count). The van der Waals surface area contributed by atoms with Gasteiger partial charge >= 0.3 is 7.60 Å².